The molecule has 0 spiro atoms. The van der Waals surface area contributed by atoms with Crippen LogP contribution in [0.4, 0.5) is 5.69 Å². The standard InChI is InChI=1S/C16H27N3/c1-4-13-9-10-19(12-13)14-7-8-16(18-11-14)15(5-2)17-6-3/h7-8,11,13,15,17H,4-6,9-10,12H2,1-3H3. The Morgan fingerprint density at radius 1 is 1.37 bits per heavy atom. The zero-order valence-corrected chi connectivity index (χ0v) is 12.5. The molecule has 19 heavy (non-hydrogen) atoms. The second-order valence-electron chi connectivity index (χ2n) is 5.47. The highest BCUT2D eigenvalue weighted by atomic mass is 15.2. The molecule has 3 heteroatoms. The van der Waals surface area contributed by atoms with Crippen LogP contribution < -0.4 is 10.2 Å². The summed E-state index contributed by atoms with van der Waals surface area (Å²) in [5.74, 6) is 0.866. The van der Waals surface area contributed by atoms with E-state index in [-0.39, 0.29) is 0 Å². The van der Waals surface area contributed by atoms with Crippen LogP contribution in [0.25, 0.3) is 0 Å². The number of nitrogens with zero attached hydrogens (tertiary/aromatic N) is 2. The van der Waals surface area contributed by atoms with Crippen molar-refractivity contribution in [2.45, 2.75) is 46.1 Å². The van der Waals surface area contributed by atoms with Crippen LogP contribution in [-0.2, 0) is 0 Å². The molecule has 106 valence electrons. The summed E-state index contributed by atoms with van der Waals surface area (Å²) in [5.41, 5.74) is 2.45. The molecule has 2 unspecified atom stereocenters. The Labute approximate surface area is 117 Å². The van der Waals surface area contributed by atoms with Crippen molar-refractivity contribution in [1.82, 2.24) is 10.3 Å². The van der Waals surface area contributed by atoms with Gasteiger partial charge < -0.3 is 10.2 Å². The number of nitrogens with one attached hydrogen (secondary N) is 1. The van der Waals surface area contributed by atoms with E-state index in [0.29, 0.717) is 6.04 Å². The minimum Gasteiger partial charge on any atom is -0.370 e. The lowest BCUT2D eigenvalue weighted by atomic mass is 10.1. The van der Waals surface area contributed by atoms with E-state index in [1.165, 1.54) is 37.3 Å². The summed E-state index contributed by atoms with van der Waals surface area (Å²) in [4.78, 5) is 7.13. The smallest absolute Gasteiger partial charge is 0.0574 e. The fourth-order valence-electron chi connectivity index (χ4n) is 2.90. The maximum absolute atomic E-state index is 4.66. The topological polar surface area (TPSA) is 28.2 Å². The van der Waals surface area contributed by atoms with E-state index < -0.39 is 0 Å². The van der Waals surface area contributed by atoms with Crippen molar-refractivity contribution in [3.63, 3.8) is 0 Å². The average Bonchev–Trinajstić information content (AvgIpc) is 2.94. The third-order valence-corrected chi connectivity index (χ3v) is 4.21. The van der Waals surface area contributed by atoms with Gasteiger partial charge in [-0.25, -0.2) is 0 Å². The van der Waals surface area contributed by atoms with E-state index in [4.69, 9.17) is 0 Å². The molecular formula is C16H27N3. The summed E-state index contributed by atoms with van der Waals surface area (Å²) in [5, 5.41) is 3.48. The molecular weight excluding hydrogens is 234 g/mol. The van der Waals surface area contributed by atoms with Crippen LogP contribution in [0.15, 0.2) is 18.3 Å². The van der Waals surface area contributed by atoms with Crippen LogP contribution in [0.1, 0.15) is 51.8 Å². The number of pyridine rings is 1. The monoisotopic (exact) mass is 261 g/mol. The van der Waals surface area contributed by atoms with E-state index in [9.17, 15) is 0 Å². The van der Waals surface area contributed by atoms with Gasteiger partial charge in [0.25, 0.3) is 0 Å². The third kappa shape index (κ3) is 3.47. The van der Waals surface area contributed by atoms with E-state index in [1.807, 2.05) is 6.20 Å². The fourth-order valence-corrected chi connectivity index (χ4v) is 2.90. The zero-order valence-electron chi connectivity index (χ0n) is 12.5. The number of hydrogen-bond acceptors (Lipinski definition) is 3. The predicted molar refractivity (Wildman–Crippen MR) is 81.6 cm³/mol. The van der Waals surface area contributed by atoms with E-state index in [1.54, 1.807) is 0 Å². The molecule has 3 nitrogen and oxygen atoms in total. The molecule has 2 atom stereocenters. The molecule has 0 aliphatic carbocycles. The van der Waals surface area contributed by atoms with Crippen molar-refractivity contribution in [3.05, 3.63) is 24.0 Å². The molecule has 2 rings (SSSR count). The van der Waals surface area contributed by atoms with Crippen LogP contribution in [-0.4, -0.2) is 24.6 Å². The highest BCUT2D eigenvalue weighted by Crippen LogP contribution is 2.26. The third-order valence-electron chi connectivity index (χ3n) is 4.21. The quantitative estimate of drug-likeness (QED) is 0.851. The maximum Gasteiger partial charge on any atom is 0.0574 e. The van der Waals surface area contributed by atoms with Crippen molar-refractivity contribution < 1.29 is 0 Å². The van der Waals surface area contributed by atoms with Crippen LogP contribution in [0.3, 0.4) is 0 Å². The van der Waals surface area contributed by atoms with Gasteiger partial charge in [-0.2, -0.15) is 0 Å². The minimum absolute atomic E-state index is 0.390. The first-order valence-electron chi connectivity index (χ1n) is 7.72. The van der Waals surface area contributed by atoms with Crippen molar-refractivity contribution in [2.75, 3.05) is 24.5 Å². The van der Waals surface area contributed by atoms with Gasteiger partial charge in [-0.05, 0) is 37.4 Å². The first-order chi connectivity index (χ1) is 9.28. The highest BCUT2D eigenvalue weighted by molar-refractivity contribution is 5.45. The lowest BCUT2D eigenvalue weighted by Crippen LogP contribution is -2.22. The van der Waals surface area contributed by atoms with Gasteiger partial charge in [-0.1, -0.05) is 27.2 Å². The number of anilines is 1. The van der Waals surface area contributed by atoms with Gasteiger partial charge in [0, 0.05) is 19.1 Å². The summed E-state index contributed by atoms with van der Waals surface area (Å²) in [6.07, 6.45) is 5.75. The van der Waals surface area contributed by atoms with E-state index >= 15 is 0 Å². The highest BCUT2D eigenvalue weighted by Gasteiger charge is 2.21. The maximum atomic E-state index is 4.66. The van der Waals surface area contributed by atoms with Crippen molar-refractivity contribution in [2.24, 2.45) is 5.92 Å². The van der Waals surface area contributed by atoms with Crippen LogP contribution in [0.5, 0.6) is 0 Å². The van der Waals surface area contributed by atoms with Gasteiger partial charge >= 0.3 is 0 Å². The van der Waals surface area contributed by atoms with Crippen molar-refractivity contribution >= 4 is 5.69 Å². The molecule has 1 N–H and O–H groups in total. The Hall–Kier alpha value is -1.09. The number of hydrogen-bond donors (Lipinski definition) is 1. The summed E-state index contributed by atoms with van der Waals surface area (Å²) >= 11 is 0. The van der Waals surface area contributed by atoms with Gasteiger partial charge in [0.2, 0.25) is 0 Å². The van der Waals surface area contributed by atoms with Gasteiger partial charge in [-0.15, -0.1) is 0 Å². The van der Waals surface area contributed by atoms with Crippen molar-refractivity contribution in [3.8, 4) is 0 Å². The number of rotatable bonds is 6. The fraction of sp³-hybridized carbons (Fsp3) is 0.688. The second-order valence-corrected chi connectivity index (χ2v) is 5.47. The average molecular weight is 261 g/mol. The molecule has 2 heterocycles. The lowest BCUT2D eigenvalue weighted by Gasteiger charge is -2.20. The molecule has 1 fully saturated rings. The van der Waals surface area contributed by atoms with Gasteiger partial charge in [0.15, 0.2) is 0 Å². The first kappa shape index (κ1) is 14.3. The lowest BCUT2D eigenvalue weighted by molar-refractivity contribution is 0.525. The molecule has 1 aliphatic heterocycles. The Balaban J connectivity index is 2.02. The molecule has 1 aliphatic rings. The minimum atomic E-state index is 0.390. The van der Waals surface area contributed by atoms with Crippen LogP contribution in [0, 0.1) is 5.92 Å². The molecule has 0 saturated carbocycles. The molecule has 0 radical (unpaired) electrons. The summed E-state index contributed by atoms with van der Waals surface area (Å²) in [6.45, 7) is 10.0. The van der Waals surface area contributed by atoms with Crippen molar-refractivity contribution in [1.29, 1.82) is 0 Å². The molecule has 1 aromatic heterocycles. The Morgan fingerprint density at radius 3 is 2.74 bits per heavy atom. The zero-order chi connectivity index (χ0) is 13.7. The van der Waals surface area contributed by atoms with Gasteiger partial charge in [0.1, 0.15) is 0 Å². The number of aromatic nitrogens is 1. The molecule has 0 aromatic carbocycles. The predicted octanol–water partition coefficient (Wildman–Crippen LogP) is 3.38. The Bertz CT molecular complexity index is 374. The van der Waals surface area contributed by atoms with Crippen LogP contribution >= 0.6 is 0 Å². The summed E-state index contributed by atoms with van der Waals surface area (Å²) in [6, 6.07) is 4.81. The van der Waals surface area contributed by atoms with Gasteiger partial charge in [-0.3, -0.25) is 4.98 Å². The normalized spacial score (nSPS) is 20.8. The molecule has 0 amide bonds. The van der Waals surface area contributed by atoms with E-state index in [0.717, 1.165) is 18.9 Å². The first-order valence-corrected chi connectivity index (χ1v) is 7.72. The second kappa shape index (κ2) is 6.90. The molecule has 0 bridgehead atoms. The SMILES string of the molecule is CCNC(CC)c1ccc(N2CCC(CC)C2)cn1. The molecule has 1 saturated heterocycles. The van der Waals surface area contributed by atoms with E-state index in [2.05, 4.69) is 48.1 Å². The summed E-state index contributed by atoms with van der Waals surface area (Å²) < 4.78 is 0. The largest absolute Gasteiger partial charge is 0.370 e. The Kier molecular flexibility index (Phi) is 5.20. The molecule has 1 aromatic rings. The Morgan fingerprint density at radius 2 is 2.21 bits per heavy atom. The van der Waals surface area contributed by atoms with Gasteiger partial charge in [0.05, 0.1) is 17.6 Å². The van der Waals surface area contributed by atoms with Crippen LogP contribution in [0.2, 0.25) is 0 Å². The summed E-state index contributed by atoms with van der Waals surface area (Å²) in [7, 11) is 0.